The van der Waals surface area contributed by atoms with Gasteiger partial charge in [-0.3, -0.25) is 4.79 Å². The monoisotopic (exact) mass is 249 g/mol. The maximum atomic E-state index is 11.6. The van der Waals surface area contributed by atoms with E-state index in [0.717, 1.165) is 13.1 Å². The van der Waals surface area contributed by atoms with E-state index in [9.17, 15) is 4.79 Å². The molecule has 0 aliphatic rings. The summed E-state index contributed by atoms with van der Waals surface area (Å²) < 4.78 is 0. The standard InChI is InChI=1S/C14H23N3O/c1-4-17(12-8-6-5-7-9-12)11-10-16-13(18)14(2,3)15/h5-9H,4,10-11,15H2,1-3H3,(H,16,18). The van der Waals surface area contributed by atoms with Crippen molar-refractivity contribution >= 4 is 11.6 Å². The number of carbonyl (C=O) groups is 1. The van der Waals surface area contributed by atoms with Crippen LogP contribution in [0.3, 0.4) is 0 Å². The summed E-state index contributed by atoms with van der Waals surface area (Å²) in [5.41, 5.74) is 6.07. The summed E-state index contributed by atoms with van der Waals surface area (Å²) in [5.74, 6) is -0.119. The smallest absolute Gasteiger partial charge is 0.239 e. The lowest BCUT2D eigenvalue weighted by Crippen LogP contribution is -2.50. The third kappa shape index (κ3) is 4.37. The van der Waals surface area contributed by atoms with Crippen LogP contribution in [0, 0.1) is 0 Å². The second-order valence-corrected chi connectivity index (χ2v) is 4.89. The van der Waals surface area contributed by atoms with E-state index in [1.165, 1.54) is 5.69 Å². The van der Waals surface area contributed by atoms with Crippen LogP contribution in [0.4, 0.5) is 5.69 Å². The van der Waals surface area contributed by atoms with Crippen molar-refractivity contribution in [1.82, 2.24) is 5.32 Å². The summed E-state index contributed by atoms with van der Waals surface area (Å²) in [6.45, 7) is 7.80. The van der Waals surface area contributed by atoms with Crippen LogP contribution in [0.2, 0.25) is 0 Å². The number of nitrogens with two attached hydrogens (primary N) is 1. The van der Waals surface area contributed by atoms with Crippen molar-refractivity contribution in [3.8, 4) is 0 Å². The van der Waals surface area contributed by atoms with Gasteiger partial charge in [0.15, 0.2) is 0 Å². The summed E-state index contributed by atoms with van der Waals surface area (Å²) in [7, 11) is 0. The predicted molar refractivity (Wildman–Crippen MR) is 75.6 cm³/mol. The van der Waals surface area contributed by atoms with Crippen LogP contribution in [-0.4, -0.2) is 31.1 Å². The van der Waals surface area contributed by atoms with E-state index in [0.29, 0.717) is 6.54 Å². The number of likely N-dealkylation sites (N-methyl/N-ethyl adjacent to an activating group) is 1. The van der Waals surface area contributed by atoms with Crippen molar-refractivity contribution in [2.45, 2.75) is 26.3 Å². The molecule has 1 amide bonds. The Kier molecular flexibility index (Phi) is 5.16. The normalized spacial score (nSPS) is 11.1. The molecule has 0 bridgehead atoms. The van der Waals surface area contributed by atoms with Crippen molar-refractivity contribution in [1.29, 1.82) is 0 Å². The topological polar surface area (TPSA) is 58.4 Å². The summed E-state index contributed by atoms with van der Waals surface area (Å²) in [4.78, 5) is 13.8. The molecule has 0 radical (unpaired) electrons. The van der Waals surface area contributed by atoms with Gasteiger partial charge in [0, 0.05) is 25.3 Å². The molecule has 100 valence electrons. The lowest BCUT2D eigenvalue weighted by Gasteiger charge is -2.24. The molecule has 18 heavy (non-hydrogen) atoms. The number of carbonyl (C=O) groups excluding carboxylic acids is 1. The quantitative estimate of drug-likeness (QED) is 0.800. The fraction of sp³-hybridized carbons (Fsp3) is 0.500. The van der Waals surface area contributed by atoms with Crippen LogP contribution in [0.5, 0.6) is 0 Å². The van der Waals surface area contributed by atoms with Crippen LogP contribution < -0.4 is 16.0 Å². The highest BCUT2D eigenvalue weighted by Gasteiger charge is 2.21. The maximum Gasteiger partial charge on any atom is 0.239 e. The first kappa shape index (κ1) is 14.5. The van der Waals surface area contributed by atoms with Gasteiger partial charge >= 0.3 is 0 Å². The Morgan fingerprint density at radius 1 is 1.33 bits per heavy atom. The van der Waals surface area contributed by atoms with Gasteiger partial charge in [0.05, 0.1) is 5.54 Å². The molecule has 4 nitrogen and oxygen atoms in total. The van der Waals surface area contributed by atoms with E-state index in [1.807, 2.05) is 18.2 Å². The summed E-state index contributed by atoms with van der Waals surface area (Å²) in [5, 5.41) is 2.85. The Morgan fingerprint density at radius 3 is 2.44 bits per heavy atom. The third-order valence-corrected chi connectivity index (χ3v) is 2.76. The molecule has 0 aliphatic carbocycles. The number of anilines is 1. The van der Waals surface area contributed by atoms with Crippen LogP contribution in [0.15, 0.2) is 30.3 Å². The molecule has 0 saturated heterocycles. The van der Waals surface area contributed by atoms with Gasteiger partial charge in [-0.05, 0) is 32.9 Å². The molecule has 1 aromatic rings. The average molecular weight is 249 g/mol. The lowest BCUT2D eigenvalue weighted by atomic mass is 10.1. The molecule has 0 atom stereocenters. The van der Waals surface area contributed by atoms with E-state index in [1.54, 1.807) is 13.8 Å². The molecule has 0 unspecified atom stereocenters. The van der Waals surface area contributed by atoms with Crippen molar-refractivity contribution < 1.29 is 4.79 Å². The molecule has 0 spiro atoms. The SMILES string of the molecule is CCN(CCNC(=O)C(C)(C)N)c1ccccc1. The number of benzene rings is 1. The van der Waals surface area contributed by atoms with E-state index < -0.39 is 5.54 Å². The van der Waals surface area contributed by atoms with Gasteiger partial charge in [-0.1, -0.05) is 18.2 Å². The average Bonchev–Trinajstić information content (AvgIpc) is 2.34. The number of para-hydroxylation sites is 1. The molecule has 0 saturated carbocycles. The van der Waals surface area contributed by atoms with E-state index in [2.05, 4.69) is 29.3 Å². The minimum Gasteiger partial charge on any atom is -0.370 e. The Labute approximate surface area is 109 Å². The zero-order valence-electron chi connectivity index (χ0n) is 11.4. The number of hydrogen-bond acceptors (Lipinski definition) is 3. The summed E-state index contributed by atoms with van der Waals surface area (Å²) in [6, 6.07) is 10.2. The van der Waals surface area contributed by atoms with Gasteiger partial charge in [-0.2, -0.15) is 0 Å². The minimum absolute atomic E-state index is 0.119. The number of rotatable bonds is 6. The van der Waals surface area contributed by atoms with Crippen LogP contribution in [-0.2, 0) is 4.79 Å². The fourth-order valence-corrected chi connectivity index (χ4v) is 1.64. The molecule has 0 aromatic heterocycles. The van der Waals surface area contributed by atoms with E-state index >= 15 is 0 Å². The summed E-state index contributed by atoms with van der Waals surface area (Å²) in [6.07, 6.45) is 0. The van der Waals surface area contributed by atoms with Crippen LogP contribution >= 0.6 is 0 Å². The van der Waals surface area contributed by atoms with Crippen molar-refractivity contribution in [3.05, 3.63) is 30.3 Å². The van der Waals surface area contributed by atoms with Gasteiger partial charge in [0.25, 0.3) is 0 Å². The minimum atomic E-state index is -0.816. The van der Waals surface area contributed by atoms with Crippen molar-refractivity contribution in [3.63, 3.8) is 0 Å². The molecule has 0 heterocycles. The number of hydrogen-bond donors (Lipinski definition) is 2. The zero-order chi connectivity index (χ0) is 13.6. The zero-order valence-corrected chi connectivity index (χ0v) is 11.4. The molecule has 0 fully saturated rings. The van der Waals surface area contributed by atoms with Crippen molar-refractivity contribution in [2.75, 3.05) is 24.5 Å². The molecule has 1 rings (SSSR count). The van der Waals surface area contributed by atoms with E-state index in [4.69, 9.17) is 5.73 Å². The highest BCUT2D eigenvalue weighted by Crippen LogP contribution is 2.11. The lowest BCUT2D eigenvalue weighted by molar-refractivity contribution is -0.125. The second kappa shape index (κ2) is 6.40. The highest BCUT2D eigenvalue weighted by molar-refractivity contribution is 5.85. The fourth-order valence-electron chi connectivity index (χ4n) is 1.64. The van der Waals surface area contributed by atoms with Gasteiger partial charge in [0.2, 0.25) is 5.91 Å². The largest absolute Gasteiger partial charge is 0.370 e. The Hall–Kier alpha value is -1.55. The maximum absolute atomic E-state index is 11.6. The van der Waals surface area contributed by atoms with Crippen LogP contribution in [0.25, 0.3) is 0 Å². The Morgan fingerprint density at radius 2 is 1.94 bits per heavy atom. The molecule has 3 N–H and O–H groups in total. The molecule has 4 heteroatoms. The van der Waals surface area contributed by atoms with Crippen molar-refractivity contribution in [2.24, 2.45) is 5.73 Å². The molecular weight excluding hydrogens is 226 g/mol. The van der Waals surface area contributed by atoms with Crippen LogP contribution in [0.1, 0.15) is 20.8 Å². The first-order chi connectivity index (χ1) is 8.45. The van der Waals surface area contributed by atoms with Gasteiger partial charge in [-0.15, -0.1) is 0 Å². The number of amides is 1. The van der Waals surface area contributed by atoms with Gasteiger partial charge in [-0.25, -0.2) is 0 Å². The number of nitrogens with one attached hydrogen (secondary N) is 1. The van der Waals surface area contributed by atoms with Gasteiger partial charge in [0.1, 0.15) is 0 Å². The molecule has 1 aromatic carbocycles. The molecular formula is C14H23N3O. The first-order valence-electron chi connectivity index (χ1n) is 6.32. The Balaban J connectivity index is 2.45. The number of nitrogens with zero attached hydrogens (tertiary/aromatic N) is 1. The first-order valence-corrected chi connectivity index (χ1v) is 6.32. The third-order valence-electron chi connectivity index (χ3n) is 2.76. The van der Waals surface area contributed by atoms with E-state index in [-0.39, 0.29) is 5.91 Å². The highest BCUT2D eigenvalue weighted by atomic mass is 16.2. The predicted octanol–water partition coefficient (Wildman–Crippen LogP) is 1.37. The summed E-state index contributed by atoms with van der Waals surface area (Å²) >= 11 is 0. The van der Waals surface area contributed by atoms with Gasteiger partial charge < -0.3 is 16.0 Å². The Bertz CT molecular complexity index is 370. The molecule has 0 aliphatic heterocycles. The second-order valence-electron chi connectivity index (χ2n) is 4.89.